The van der Waals surface area contributed by atoms with E-state index in [2.05, 4.69) is 10.3 Å². The van der Waals surface area contributed by atoms with Crippen molar-refractivity contribution < 1.29 is 8.42 Å². The van der Waals surface area contributed by atoms with Gasteiger partial charge in [0.1, 0.15) is 0 Å². The molecule has 132 valence electrons. The van der Waals surface area contributed by atoms with Gasteiger partial charge in [0.25, 0.3) is 0 Å². The van der Waals surface area contributed by atoms with Crippen LogP contribution >= 0.6 is 24.0 Å². The summed E-state index contributed by atoms with van der Waals surface area (Å²) >= 11 is 0. The lowest BCUT2D eigenvalue weighted by Gasteiger charge is -2.17. The topological polar surface area (TPSA) is 87.8 Å². The highest BCUT2D eigenvalue weighted by Crippen LogP contribution is 2.00. The fourth-order valence-corrected chi connectivity index (χ4v) is 3.43. The van der Waals surface area contributed by atoms with Gasteiger partial charge in [0, 0.05) is 19.6 Å². The molecule has 1 aromatic carbocycles. The van der Waals surface area contributed by atoms with Crippen LogP contribution in [0.3, 0.4) is 0 Å². The molecule has 0 aliphatic rings. The van der Waals surface area contributed by atoms with Crippen LogP contribution in [-0.2, 0) is 16.4 Å². The number of aliphatic imine (C=N–C) groups is 1. The van der Waals surface area contributed by atoms with Gasteiger partial charge in [-0.3, -0.25) is 4.99 Å². The predicted molar refractivity (Wildman–Crippen MR) is 107 cm³/mol. The van der Waals surface area contributed by atoms with Gasteiger partial charge in [-0.1, -0.05) is 44.2 Å². The molecule has 8 heteroatoms. The Bertz CT molecular complexity index is 560. The van der Waals surface area contributed by atoms with E-state index in [1.807, 2.05) is 44.2 Å². The second kappa shape index (κ2) is 11.6. The second-order valence-corrected chi connectivity index (χ2v) is 6.92. The summed E-state index contributed by atoms with van der Waals surface area (Å²) in [5.74, 6) is 0.265. The van der Waals surface area contributed by atoms with Gasteiger partial charge in [0.05, 0.1) is 12.3 Å². The number of nitrogens with zero attached hydrogens (tertiary/aromatic N) is 2. The van der Waals surface area contributed by atoms with Crippen molar-refractivity contribution in [2.24, 2.45) is 10.7 Å². The first-order valence-electron chi connectivity index (χ1n) is 7.55. The first-order chi connectivity index (χ1) is 10.5. The molecule has 0 radical (unpaired) electrons. The van der Waals surface area contributed by atoms with E-state index >= 15 is 0 Å². The third kappa shape index (κ3) is 8.52. The van der Waals surface area contributed by atoms with Crippen molar-refractivity contribution in [1.29, 1.82) is 0 Å². The molecular weight excluding hydrogens is 427 g/mol. The molecule has 0 aliphatic carbocycles. The molecule has 23 heavy (non-hydrogen) atoms. The largest absolute Gasteiger partial charge is 0.370 e. The van der Waals surface area contributed by atoms with E-state index in [0.29, 0.717) is 19.6 Å². The maximum Gasteiger partial charge on any atom is 0.215 e. The van der Waals surface area contributed by atoms with E-state index in [1.54, 1.807) is 0 Å². The normalized spacial score (nSPS) is 12.0. The van der Waals surface area contributed by atoms with Crippen LogP contribution in [0.15, 0.2) is 35.3 Å². The Morgan fingerprint density at radius 3 is 2.39 bits per heavy atom. The van der Waals surface area contributed by atoms with Crippen LogP contribution in [-0.4, -0.2) is 50.6 Å². The minimum Gasteiger partial charge on any atom is -0.370 e. The van der Waals surface area contributed by atoms with Crippen LogP contribution in [0.4, 0.5) is 0 Å². The Kier molecular flexibility index (Phi) is 11.2. The van der Waals surface area contributed by atoms with Gasteiger partial charge < -0.3 is 11.1 Å². The standard InChI is InChI=1S/C15H26N4O2S.HI/c1-3-19(4-2)22(20,21)13-12-18-15(16)17-11-10-14-8-6-5-7-9-14;/h5-9H,3-4,10-13H2,1-2H3,(H3,16,17,18);1H. The van der Waals surface area contributed by atoms with Crippen LogP contribution in [0, 0.1) is 0 Å². The maximum atomic E-state index is 12.0. The van der Waals surface area contributed by atoms with E-state index in [0.717, 1.165) is 6.42 Å². The molecular formula is C15H27IN4O2S. The van der Waals surface area contributed by atoms with Gasteiger partial charge in [-0.05, 0) is 12.0 Å². The van der Waals surface area contributed by atoms with Crippen molar-refractivity contribution in [2.45, 2.75) is 20.3 Å². The summed E-state index contributed by atoms with van der Waals surface area (Å²) < 4.78 is 25.4. The number of nitrogens with two attached hydrogens (primary N) is 1. The number of rotatable bonds is 9. The Hall–Kier alpha value is -0.870. The molecule has 0 aliphatic heterocycles. The first-order valence-corrected chi connectivity index (χ1v) is 9.16. The van der Waals surface area contributed by atoms with Crippen molar-refractivity contribution in [3.63, 3.8) is 0 Å². The minimum absolute atomic E-state index is 0. The highest BCUT2D eigenvalue weighted by atomic mass is 127. The quantitative estimate of drug-likeness (QED) is 0.336. The first kappa shape index (κ1) is 22.1. The smallest absolute Gasteiger partial charge is 0.215 e. The molecule has 0 saturated carbocycles. The Morgan fingerprint density at radius 2 is 1.83 bits per heavy atom. The molecule has 0 unspecified atom stereocenters. The van der Waals surface area contributed by atoms with Gasteiger partial charge in [0.2, 0.25) is 10.0 Å². The molecule has 0 saturated heterocycles. The maximum absolute atomic E-state index is 12.0. The molecule has 1 aromatic rings. The molecule has 1 rings (SSSR count). The third-order valence-corrected chi connectivity index (χ3v) is 5.29. The predicted octanol–water partition coefficient (Wildman–Crippen LogP) is 1.42. The Labute approximate surface area is 156 Å². The Morgan fingerprint density at radius 1 is 1.22 bits per heavy atom. The van der Waals surface area contributed by atoms with Crippen molar-refractivity contribution >= 4 is 40.0 Å². The van der Waals surface area contributed by atoms with Crippen LogP contribution in [0.2, 0.25) is 0 Å². The van der Waals surface area contributed by atoms with Crippen molar-refractivity contribution in [1.82, 2.24) is 9.62 Å². The third-order valence-electron chi connectivity index (χ3n) is 3.29. The lowest BCUT2D eigenvalue weighted by Crippen LogP contribution is -2.35. The van der Waals surface area contributed by atoms with Gasteiger partial charge in [-0.2, -0.15) is 0 Å². The van der Waals surface area contributed by atoms with Gasteiger partial charge in [0.15, 0.2) is 5.96 Å². The van der Waals surface area contributed by atoms with E-state index in [1.165, 1.54) is 9.87 Å². The average Bonchev–Trinajstić information content (AvgIpc) is 2.49. The molecule has 0 spiro atoms. The number of hydrogen-bond donors (Lipinski definition) is 2. The molecule has 0 aromatic heterocycles. The average molecular weight is 454 g/mol. The SMILES string of the molecule is CCN(CC)S(=O)(=O)CCN=C(N)NCCc1ccccc1.I. The zero-order chi connectivity index (χ0) is 16.4. The van der Waals surface area contributed by atoms with Crippen LogP contribution in [0.5, 0.6) is 0 Å². The second-order valence-electron chi connectivity index (χ2n) is 4.83. The highest BCUT2D eigenvalue weighted by Gasteiger charge is 2.17. The molecule has 0 atom stereocenters. The number of guanidine groups is 1. The van der Waals surface area contributed by atoms with E-state index in [-0.39, 0.29) is 42.2 Å². The summed E-state index contributed by atoms with van der Waals surface area (Å²) in [5, 5.41) is 2.99. The van der Waals surface area contributed by atoms with Crippen LogP contribution in [0.25, 0.3) is 0 Å². The Balaban J connectivity index is 0.00000484. The molecule has 6 nitrogen and oxygen atoms in total. The zero-order valence-electron chi connectivity index (χ0n) is 13.7. The molecule has 0 heterocycles. The zero-order valence-corrected chi connectivity index (χ0v) is 16.9. The molecule has 0 amide bonds. The number of benzene rings is 1. The molecule has 0 bridgehead atoms. The molecule has 0 fully saturated rings. The van der Waals surface area contributed by atoms with Crippen LogP contribution in [0.1, 0.15) is 19.4 Å². The van der Waals surface area contributed by atoms with Gasteiger partial charge in [-0.25, -0.2) is 12.7 Å². The monoisotopic (exact) mass is 454 g/mol. The lowest BCUT2D eigenvalue weighted by molar-refractivity contribution is 0.445. The lowest BCUT2D eigenvalue weighted by atomic mass is 10.1. The fraction of sp³-hybridized carbons (Fsp3) is 0.533. The van der Waals surface area contributed by atoms with Crippen molar-refractivity contribution in [3.8, 4) is 0 Å². The van der Waals surface area contributed by atoms with E-state index in [9.17, 15) is 8.42 Å². The minimum atomic E-state index is -3.24. The summed E-state index contributed by atoms with van der Waals surface area (Å²) in [4.78, 5) is 4.07. The van der Waals surface area contributed by atoms with Gasteiger partial charge >= 0.3 is 0 Å². The van der Waals surface area contributed by atoms with Gasteiger partial charge in [-0.15, -0.1) is 24.0 Å². The van der Waals surface area contributed by atoms with Crippen LogP contribution < -0.4 is 11.1 Å². The van der Waals surface area contributed by atoms with Crippen molar-refractivity contribution in [3.05, 3.63) is 35.9 Å². The summed E-state index contributed by atoms with van der Waals surface area (Å²) in [7, 11) is -3.24. The number of halogens is 1. The summed E-state index contributed by atoms with van der Waals surface area (Å²) in [5.41, 5.74) is 6.95. The number of sulfonamides is 1. The van der Waals surface area contributed by atoms with E-state index < -0.39 is 10.0 Å². The van der Waals surface area contributed by atoms with E-state index in [4.69, 9.17) is 5.73 Å². The highest BCUT2D eigenvalue weighted by molar-refractivity contribution is 14.0. The fourth-order valence-electron chi connectivity index (χ4n) is 2.06. The number of hydrogen-bond acceptors (Lipinski definition) is 3. The number of nitrogens with one attached hydrogen (secondary N) is 1. The molecule has 3 N–H and O–H groups in total. The summed E-state index contributed by atoms with van der Waals surface area (Å²) in [6.45, 7) is 5.44. The summed E-state index contributed by atoms with van der Waals surface area (Å²) in [6, 6.07) is 10.1. The summed E-state index contributed by atoms with van der Waals surface area (Å²) in [6.07, 6.45) is 0.842. The van der Waals surface area contributed by atoms with Crippen molar-refractivity contribution in [2.75, 3.05) is 31.9 Å².